The molecular formula is H20B4K2O17. The molecule has 0 saturated carbocycles. The Bertz CT molecular complexity index is 130. The molecule has 0 unspecified atom stereocenters. The van der Waals surface area contributed by atoms with Crippen LogP contribution in [0.15, 0.2) is 0 Å². The first-order valence-electron chi connectivity index (χ1n) is 2.83. The molecule has 17 nitrogen and oxygen atoms in total. The molecule has 23 heavy (non-hydrogen) atoms. The molecule has 0 radical (unpaired) electrons. The zero-order valence-electron chi connectivity index (χ0n) is 12.2. The first-order valence-corrected chi connectivity index (χ1v) is 2.83. The van der Waals surface area contributed by atoms with E-state index in [2.05, 4.69) is 22.9 Å². The molecule has 23 heteroatoms. The molecule has 2 heterocycles. The van der Waals surface area contributed by atoms with Gasteiger partial charge in [0.1, 0.15) is 0 Å². The van der Waals surface area contributed by atoms with E-state index in [9.17, 15) is 10.0 Å². The van der Waals surface area contributed by atoms with E-state index >= 15 is 0 Å². The van der Waals surface area contributed by atoms with Crippen molar-refractivity contribution < 1.29 is 190 Å². The molecule has 0 aromatic carbocycles. The van der Waals surface area contributed by atoms with Crippen LogP contribution in [0.2, 0.25) is 0 Å². The fraction of sp³-hybridized carbons (Fsp3) is 0. The van der Waals surface area contributed by atoms with Gasteiger partial charge in [-0.1, -0.05) is 0 Å². The van der Waals surface area contributed by atoms with E-state index in [0.717, 1.165) is 0 Å². The van der Waals surface area contributed by atoms with Gasteiger partial charge in [0.25, 0.3) is 0 Å². The molecule has 136 valence electrons. The van der Waals surface area contributed by atoms with Gasteiger partial charge >= 0.3 is 132 Å². The van der Waals surface area contributed by atoms with Crippen LogP contribution in [0.25, 0.3) is 0 Å². The molecule has 0 aromatic heterocycles. The van der Waals surface area contributed by atoms with Crippen LogP contribution < -0.4 is 113 Å². The fourth-order valence-electron chi connectivity index (χ4n) is 0.710. The summed E-state index contributed by atoms with van der Waals surface area (Å²) in [6.45, 7) is 0. The van der Waals surface area contributed by atoms with Crippen molar-refractivity contribution in [3.05, 3.63) is 0 Å². The molecule has 0 atom stereocenters. The summed E-state index contributed by atoms with van der Waals surface area (Å²) in [7, 11) is -6.00. The van der Waals surface area contributed by atoms with Crippen LogP contribution >= 0.6 is 0 Å². The van der Waals surface area contributed by atoms with E-state index < -0.39 is 29.3 Å². The summed E-state index contributed by atoms with van der Waals surface area (Å²) in [5.74, 6) is 0. The van der Waals surface area contributed by atoms with Crippen molar-refractivity contribution in [1.82, 2.24) is 0 Å². The van der Waals surface area contributed by atoms with Crippen molar-refractivity contribution in [2.75, 3.05) is 0 Å². The van der Waals surface area contributed by atoms with Crippen molar-refractivity contribution >= 4 is 29.3 Å². The minimum atomic E-state index is -1.73. The van der Waals surface area contributed by atoms with Gasteiger partial charge in [0.2, 0.25) is 0 Å². The molecule has 2 aliphatic rings. The van der Waals surface area contributed by atoms with Crippen LogP contribution in [0.5, 0.6) is 0 Å². The quantitative estimate of drug-likeness (QED) is 0.344. The Hall–Kier alpha value is 2.85. The predicted octanol–water partition coefficient (Wildman–Crippen LogP) is -18.5. The summed E-state index contributed by atoms with van der Waals surface area (Å²) in [5, 5.41) is 21.0. The molecule has 0 aromatic rings. The van der Waals surface area contributed by atoms with Crippen LogP contribution in [0.4, 0.5) is 0 Å². The van der Waals surface area contributed by atoms with E-state index in [1.807, 2.05) is 0 Å². The van der Waals surface area contributed by atoms with E-state index in [-0.39, 0.29) is 158 Å². The third kappa shape index (κ3) is 24.9. The van der Waals surface area contributed by atoms with Gasteiger partial charge in [-0.05, 0) is 0 Å². The molecule has 0 spiro atoms. The molecule has 2 rings (SSSR count). The van der Waals surface area contributed by atoms with Gasteiger partial charge in [-0.2, -0.15) is 0 Å². The Morgan fingerprint density at radius 2 is 0.565 bits per heavy atom. The van der Waals surface area contributed by atoms with E-state index in [1.165, 1.54) is 0 Å². The summed E-state index contributed by atoms with van der Waals surface area (Å²) in [6.07, 6.45) is 0. The number of hydrogen-bond acceptors (Lipinski definition) is 7. The average Bonchev–Trinajstić information content (AvgIpc) is 1.82. The second-order valence-electron chi connectivity index (χ2n) is 1.84. The second kappa shape index (κ2) is 35.9. The van der Waals surface area contributed by atoms with Gasteiger partial charge in [-0.3, -0.25) is 0 Å². The molecule has 2 aliphatic heterocycles. The normalized spacial score (nSPS) is 11.7. The van der Waals surface area contributed by atoms with Gasteiger partial charge in [-0.25, -0.2) is 0 Å². The summed E-state index contributed by atoms with van der Waals surface area (Å²) in [6, 6.07) is 0. The zero-order chi connectivity index (χ0) is 7.84. The average molecular weight is 414 g/mol. The summed E-state index contributed by atoms with van der Waals surface area (Å²) >= 11 is 0. The van der Waals surface area contributed by atoms with E-state index in [4.69, 9.17) is 0 Å². The van der Waals surface area contributed by atoms with Crippen LogP contribution in [0.3, 0.4) is 0 Å². The second-order valence-corrected chi connectivity index (χ2v) is 1.84. The van der Waals surface area contributed by atoms with Gasteiger partial charge in [0, 0.05) is 0 Å². The number of rotatable bonds is 0. The molecule has 20 N–H and O–H groups in total. The minimum absolute atomic E-state index is 0. The van der Waals surface area contributed by atoms with Crippen molar-refractivity contribution in [3.63, 3.8) is 0 Å². The molecule has 0 aliphatic carbocycles. The zero-order valence-corrected chi connectivity index (χ0v) is 18.4. The third-order valence-electron chi connectivity index (χ3n) is 1.11. The summed E-state index contributed by atoms with van der Waals surface area (Å²) in [4.78, 5) is 0. The molecule has 2 fully saturated rings. The number of hydrogen-bond donors (Lipinski definition) is 0. The van der Waals surface area contributed by atoms with Crippen LogP contribution in [-0.2, 0) is 22.9 Å². The number of fused-ring (bicyclic) bond motifs is 2. The third-order valence-corrected chi connectivity index (χ3v) is 1.11. The van der Waals surface area contributed by atoms with Gasteiger partial charge in [0.15, 0.2) is 0 Å². The van der Waals surface area contributed by atoms with Gasteiger partial charge < -0.3 is 87.7 Å². The van der Waals surface area contributed by atoms with Crippen molar-refractivity contribution in [3.8, 4) is 0 Å². The molecule has 2 bridgehead atoms. The minimum Gasteiger partial charge on any atom is -0.833 e. The fourth-order valence-corrected chi connectivity index (χ4v) is 0.710. The first kappa shape index (κ1) is 72.4. The van der Waals surface area contributed by atoms with E-state index in [0.29, 0.717) is 0 Å². The maximum Gasteiger partial charge on any atom is 1.00 e. The summed E-state index contributed by atoms with van der Waals surface area (Å²) < 4.78 is 21.9. The Balaban J connectivity index is -0.0000000133. The van der Waals surface area contributed by atoms with Gasteiger partial charge in [-0.15, -0.1) is 0 Å². The molecule has 2 saturated heterocycles. The standard InChI is InChI=1S/B4O7.2K.10H2O/c5-1-7-3-9-2(6)10-4(8-1)11-3;;;;;;;;;;;;/h;;;10*1H2/q-2;2*+1;;;;;;;;;;. The predicted molar refractivity (Wildman–Crippen MR) is 64.6 cm³/mol. The van der Waals surface area contributed by atoms with Crippen LogP contribution in [0.1, 0.15) is 0 Å². The molecular weight excluding hydrogens is 393 g/mol. The van der Waals surface area contributed by atoms with Gasteiger partial charge in [0.05, 0.1) is 0 Å². The Kier molecular flexibility index (Phi) is 113. The first-order chi connectivity index (χ1) is 5.24. The molecule has 0 amide bonds. The largest absolute Gasteiger partial charge is 1.00 e. The van der Waals surface area contributed by atoms with Crippen LogP contribution in [0, 0.1) is 0 Å². The maximum atomic E-state index is 10.5. The van der Waals surface area contributed by atoms with Crippen LogP contribution in [-0.4, -0.2) is 84.0 Å². The Morgan fingerprint density at radius 3 is 0.739 bits per heavy atom. The summed E-state index contributed by atoms with van der Waals surface area (Å²) in [5.41, 5.74) is 0. The monoisotopic (exact) mass is 414 g/mol. The SMILES string of the molecule is O.O.O.O.O.O.O.O.O.O.[K+].[K+].[O-]B1OB2OB([O-])OB(O1)O2. The Labute approximate surface area is 216 Å². The smallest absolute Gasteiger partial charge is 0.833 e. The van der Waals surface area contributed by atoms with Crippen molar-refractivity contribution in [2.24, 2.45) is 0 Å². The van der Waals surface area contributed by atoms with E-state index in [1.54, 1.807) is 0 Å². The Morgan fingerprint density at radius 1 is 0.391 bits per heavy atom. The maximum absolute atomic E-state index is 10.5. The van der Waals surface area contributed by atoms with Crippen molar-refractivity contribution in [1.29, 1.82) is 0 Å². The van der Waals surface area contributed by atoms with Crippen molar-refractivity contribution in [2.45, 2.75) is 0 Å². The topological polar surface area (TPSA) is 407 Å².